The van der Waals surface area contributed by atoms with Crippen molar-refractivity contribution in [3.63, 3.8) is 0 Å². The van der Waals surface area contributed by atoms with Gasteiger partial charge in [-0.1, -0.05) is 13.8 Å². The highest BCUT2D eigenvalue weighted by Gasteiger charge is 2.12. The first-order valence-electron chi connectivity index (χ1n) is 3.98. The van der Waals surface area contributed by atoms with Gasteiger partial charge in [-0.05, 0) is 21.8 Å². The maximum atomic E-state index is 11.5. The van der Waals surface area contributed by atoms with Gasteiger partial charge in [-0.3, -0.25) is 4.79 Å². The lowest BCUT2D eigenvalue weighted by Gasteiger charge is -2.05. The second kappa shape index (κ2) is 4.72. The van der Waals surface area contributed by atoms with Crippen molar-refractivity contribution in [3.05, 3.63) is 15.0 Å². The van der Waals surface area contributed by atoms with Crippen LogP contribution in [0, 0.1) is 5.92 Å². The number of thiazole rings is 1. The maximum absolute atomic E-state index is 11.5. The van der Waals surface area contributed by atoms with Crippen molar-refractivity contribution in [2.45, 2.75) is 13.8 Å². The van der Waals surface area contributed by atoms with Gasteiger partial charge in [0.05, 0.1) is 5.51 Å². The molecule has 0 saturated heterocycles. The van der Waals surface area contributed by atoms with Gasteiger partial charge in [-0.2, -0.15) is 0 Å². The van der Waals surface area contributed by atoms with E-state index in [0.29, 0.717) is 21.9 Å². The van der Waals surface area contributed by atoms with Crippen molar-refractivity contribution in [2.75, 3.05) is 6.54 Å². The third kappa shape index (κ3) is 3.08. The van der Waals surface area contributed by atoms with Gasteiger partial charge >= 0.3 is 0 Å². The largest absolute Gasteiger partial charge is 0.351 e. The molecule has 0 saturated carbocycles. The fraction of sp³-hybridized carbons (Fsp3) is 0.500. The molecule has 1 aromatic rings. The molecule has 0 aliphatic carbocycles. The number of amides is 1. The molecule has 5 heteroatoms. The van der Waals surface area contributed by atoms with Crippen molar-refractivity contribution in [3.8, 4) is 0 Å². The molecule has 1 N–H and O–H groups in total. The maximum Gasteiger partial charge on any atom is 0.264 e. The van der Waals surface area contributed by atoms with Crippen LogP contribution in [0.2, 0.25) is 0 Å². The molecule has 0 fully saturated rings. The number of carbonyl (C=O) groups excluding carboxylic acids is 1. The minimum atomic E-state index is -0.0527. The Morgan fingerprint density at radius 2 is 2.46 bits per heavy atom. The normalized spacial score (nSPS) is 10.5. The first kappa shape index (κ1) is 10.7. The summed E-state index contributed by atoms with van der Waals surface area (Å²) in [5, 5.41) is 2.83. The molecular weight excluding hydrogens is 252 g/mol. The number of hydrogen-bond acceptors (Lipinski definition) is 3. The van der Waals surface area contributed by atoms with Gasteiger partial charge in [0.25, 0.3) is 5.91 Å². The molecule has 0 aromatic carbocycles. The first-order chi connectivity index (χ1) is 6.11. The molecule has 0 radical (unpaired) electrons. The van der Waals surface area contributed by atoms with Crippen LogP contribution in [0.25, 0.3) is 0 Å². The zero-order valence-corrected chi connectivity index (χ0v) is 9.91. The summed E-state index contributed by atoms with van der Waals surface area (Å²) >= 11 is 4.55. The molecule has 0 spiro atoms. The Balaban J connectivity index is 2.54. The molecule has 0 aliphatic heterocycles. The van der Waals surface area contributed by atoms with Gasteiger partial charge in [0, 0.05) is 6.54 Å². The van der Waals surface area contributed by atoms with E-state index >= 15 is 0 Å². The van der Waals surface area contributed by atoms with E-state index in [2.05, 4.69) is 40.1 Å². The molecule has 1 rings (SSSR count). The summed E-state index contributed by atoms with van der Waals surface area (Å²) in [5.74, 6) is 0.415. The van der Waals surface area contributed by atoms with Crippen LogP contribution in [0.3, 0.4) is 0 Å². The van der Waals surface area contributed by atoms with Gasteiger partial charge in [0.15, 0.2) is 0 Å². The van der Waals surface area contributed by atoms with Crippen molar-refractivity contribution < 1.29 is 4.79 Å². The number of aromatic nitrogens is 1. The summed E-state index contributed by atoms with van der Waals surface area (Å²) in [6, 6.07) is 0. The zero-order valence-electron chi connectivity index (χ0n) is 7.50. The molecule has 0 unspecified atom stereocenters. The third-order valence-corrected chi connectivity index (χ3v) is 3.09. The third-order valence-electron chi connectivity index (χ3n) is 1.40. The summed E-state index contributed by atoms with van der Waals surface area (Å²) in [4.78, 5) is 16.0. The smallest absolute Gasteiger partial charge is 0.264 e. The molecular formula is C8H11BrN2OS. The van der Waals surface area contributed by atoms with E-state index in [9.17, 15) is 4.79 Å². The topological polar surface area (TPSA) is 42.0 Å². The van der Waals surface area contributed by atoms with Gasteiger partial charge < -0.3 is 5.32 Å². The molecule has 3 nitrogen and oxygen atoms in total. The number of carbonyl (C=O) groups is 1. The molecule has 0 atom stereocenters. The predicted octanol–water partition coefficient (Wildman–Crippen LogP) is 2.29. The fourth-order valence-corrected chi connectivity index (χ4v) is 2.05. The minimum absolute atomic E-state index is 0.0527. The summed E-state index contributed by atoms with van der Waals surface area (Å²) in [6.45, 7) is 4.81. The van der Waals surface area contributed by atoms with Gasteiger partial charge in [0.1, 0.15) is 9.48 Å². The molecule has 1 heterocycles. The Morgan fingerprint density at radius 3 is 2.92 bits per heavy atom. The van der Waals surface area contributed by atoms with Crippen molar-refractivity contribution in [2.24, 2.45) is 5.92 Å². The number of halogens is 1. The highest BCUT2D eigenvalue weighted by molar-refractivity contribution is 9.10. The van der Waals surface area contributed by atoms with Gasteiger partial charge in [0.2, 0.25) is 0 Å². The van der Waals surface area contributed by atoms with E-state index in [1.54, 1.807) is 5.51 Å². The monoisotopic (exact) mass is 262 g/mol. The van der Waals surface area contributed by atoms with Crippen molar-refractivity contribution >= 4 is 33.2 Å². The molecule has 0 aliphatic rings. The Kier molecular flexibility index (Phi) is 3.87. The molecule has 0 bridgehead atoms. The van der Waals surface area contributed by atoms with Crippen LogP contribution in [-0.2, 0) is 0 Å². The molecule has 1 aromatic heterocycles. The van der Waals surface area contributed by atoms with Crippen LogP contribution in [0.15, 0.2) is 10.1 Å². The molecule has 1 amide bonds. The number of nitrogens with zero attached hydrogens (tertiary/aromatic N) is 1. The summed E-state index contributed by atoms with van der Waals surface area (Å²) in [5.41, 5.74) is 1.65. The highest BCUT2D eigenvalue weighted by Crippen LogP contribution is 2.18. The Labute approximate surface area is 89.7 Å². The van der Waals surface area contributed by atoms with Gasteiger partial charge in [-0.15, -0.1) is 11.3 Å². The van der Waals surface area contributed by atoms with E-state index in [1.165, 1.54) is 11.3 Å². The van der Waals surface area contributed by atoms with Crippen LogP contribution in [0.5, 0.6) is 0 Å². The number of nitrogens with one attached hydrogen (secondary N) is 1. The second-order valence-electron chi connectivity index (χ2n) is 3.08. The highest BCUT2D eigenvalue weighted by atomic mass is 79.9. The zero-order chi connectivity index (χ0) is 9.84. The van der Waals surface area contributed by atoms with E-state index in [0.717, 1.165) is 0 Å². The lowest BCUT2D eigenvalue weighted by Crippen LogP contribution is -2.26. The number of rotatable bonds is 3. The van der Waals surface area contributed by atoms with E-state index in [-0.39, 0.29) is 5.91 Å². The Hall–Kier alpha value is -0.420. The average Bonchev–Trinajstić information content (AvgIpc) is 2.47. The van der Waals surface area contributed by atoms with E-state index in [4.69, 9.17) is 0 Å². The Morgan fingerprint density at radius 1 is 1.77 bits per heavy atom. The first-order valence-corrected chi connectivity index (χ1v) is 5.65. The summed E-state index contributed by atoms with van der Waals surface area (Å²) in [6.07, 6.45) is 0. The summed E-state index contributed by atoms with van der Waals surface area (Å²) in [7, 11) is 0. The van der Waals surface area contributed by atoms with E-state index in [1.807, 2.05) is 0 Å². The number of hydrogen-bond donors (Lipinski definition) is 1. The van der Waals surface area contributed by atoms with Gasteiger partial charge in [-0.25, -0.2) is 4.98 Å². The quantitative estimate of drug-likeness (QED) is 0.909. The standard InChI is InChI=1S/C8H11BrN2OS/c1-5(2)3-10-8(12)6-7(9)11-4-13-6/h4-5H,3H2,1-2H3,(H,10,12). The fourth-order valence-electron chi connectivity index (χ4n) is 0.757. The lowest BCUT2D eigenvalue weighted by atomic mass is 10.2. The predicted molar refractivity (Wildman–Crippen MR) is 57.0 cm³/mol. The van der Waals surface area contributed by atoms with Crippen LogP contribution in [-0.4, -0.2) is 17.4 Å². The van der Waals surface area contributed by atoms with E-state index < -0.39 is 0 Å². The van der Waals surface area contributed by atoms with Crippen molar-refractivity contribution in [1.29, 1.82) is 0 Å². The molecule has 72 valence electrons. The van der Waals surface area contributed by atoms with Crippen LogP contribution >= 0.6 is 27.3 Å². The second-order valence-corrected chi connectivity index (χ2v) is 4.68. The average molecular weight is 263 g/mol. The van der Waals surface area contributed by atoms with Crippen molar-refractivity contribution in [1.82, 2.24) is 10.3 Å². The Bertz CT molecular complexity index is 298. The van der Waals surface area contributed by atoms with Crippen LogP contribution in [0.1, 0.15) is 23.5 Å². The molecule has 13 heavy (non-hydrogen) atoms. The summed E-state index contributed by atoms with van der Waals surface area (Å²) < 4.78 is 0.624. The SMILES string of the molecule is CC(C)CNC(=O)c1scnc1Br. The minimum Gasteiger partial charge on any atom is -0.351 e. The van der Waals surface area contributed by atoms with Crippen LogP contribution < -0.4 is 5.32 Å². The lowest BCUT2D eigenvalue weighted by molar-refractivity contribution is 0.0952. The van der Waals surface area contributed by atoms with Crippen LogP contribution in [0.4, 0.5) is 0 Å².